The first-order chi connectivity index (χ1) is 9.16. The molecule has 108 valence electrons. The van der Waals surface area contributed by atoms with E-state index in [-0.39, 0.29) is 17.7 Å². The lowest BCUT2D eigenvalue weighted by atomic mass is 9.89. The third-order valence-corrected chi connectivity index (χ3v) is 4.60. The Balaban J connectivity index is 1.67. The molecule has 1 heterocycles. The molecule has 1 saturated heterocycles. The van der Waals surface area contributed by atoms with E-state index in [1.54, 1.807) is 6.92 Å². The van der Waals surface area contributed by atoms with Crippen LogP contribution in [0.5, 0.6) is 0 Å². The highest BCUT2D eigenvalue weighted by molar-refractivity contribution is 5.79. The minimum atomic E-state index is 0.110. The summed E-state index contributed by atoms with van der Waals surface area (Å²) in [5, 5.41) is 3.12. The van der Waals surface area contributed by atoms with Gasteiger partial charge in [-0.15, -0.1) is 0 Å². The van der Waals surface area contributed by atoms with Crippen LogP contribution < -0.4 is 5.32 Å². The van der Waals surface area contributed by atoms with Crippen molar-refractivity contribution in [3.05, 3.63) is 0 Å². The average molecular weight is 266 g/mol. The third kappa shape index (κ3) is 4.22. The number of hydrogen-bond donors (Lipinski definition) is 1. The van der Waals surface area contributed by atoms with Gasteiger partial charge in [0.1, 0.15) is 0 Å². The zero-order chi connectivity index (χ0) is 13.7. The Morgan fingerprint density at radius 3 is 2.26 bits per heavy atom. The maximum absolute atomic E-state index is 12.1. The SMILES string of the molecule is CC(=O)N1CCC(C(=O)NCC2CCCCC2)CC1. The van der Waals surface area contributed by atoms with Crippen molar-refractivity contribution in [2.45, 2.75) is 51.9 Å². The zero-order valence-electron chi connectivity index (χ0n) is 12.0. The monoisotopic (exact) mass is 266 g/mol. The molecule has 2 aliphatic rings. The van der Waals surface area contributed by atoms with Crippen molar-refractivity contribution in [2.75, 3.05) is 19.6 Å². The maximum Gasteiger partial charge on any atom is 0.223 e. The second-order valence-corrected chi connectivity index (χ2v) is 6.03. The first-order valence-corrected chi connectivity index (χ1v) is 7.70. The van der Waals surface area contributed by atoms with Gasteiger partial charge in [-0.3, -0.25) is 9.59 Å². The van der Waals surface area contributed by atoms with E-state index >= 15 is 0 Å². The second-order valence-electron chi connectivity index (χ2n) is 6.03. The smallest absolute Gasteiger partial charge is 0.223 e. The lowest BCUT2D eigenvalue weighted by Gasteiger charge is -2.31. The Morgan fingerprint density at radius 2 is 1.68 bits per heavy atom. The molecule has 4 nitrogen and oxygen atoms in total. The minimum absolute atomic E-state index is 0.110. The van der Waals surface area contributed by atoms with E-state index in [2.05, 4.69) is 5.32 Å². The topological polar surface area (TPSA) is 49.4 Å². The minimum Gasteiger partial charge on any atom is -0.356 e. The molecule has 2 rings (SSSR count). The van der Waals surface area contributed by atoms with Crippen molar-refractivity contribution in [3.8, 4) is 0 Å². The fourth-order valence-corrected chi connectivity index (χ4v) is 3.24. The number of nitrogens with zero attached hydrogens (tertiary/aromatic N) is 1. The molecule has 0 aromatic rings. The molecule has 2 amide bonds. The number of rotatable bonds is 3. The molecule has 0 spiro atoms. The van der Waals surface area contributed by atoms with Crippen LogP contribution in [0, 0.1) is 11.8 Å². The molecule has 0 radical (unpaired) electrons. The van der Waals surface area contributed by atoms with Crippen molar-refractivity contribution in [1.82, 2.24) is 10.2 Å². The van der Waals surface area contributed by atoms with Gasteiger partial charge in [0.15, 0.2) is 0 Å². The van der Waals surface area contributed by atoms with Gasteiger partial charge in [-0.1, -0.05) is 19.3 Å². The summed E-state index contributed by atoms with van der Waals surface area (Å²) < 4.78 is 0. The van der Waals surface area contributed by atoms with Gasteiger partial charge in [-0.25, -0.2) is 0 Å². The van der Waals surface area contributed by atoms with Crippen LogP contribution >= 0.6 is 0 Å². The fraction of sp³-hybridized carbons (Fsp3) is 0.867. The van der Waals surface area contributed by atoms with E-state index in [9.17, 15) is 9.59 Å². The van der Waals surface area contributed by atoms with E-state index < -0.39 is 0 Å². The van der Waals surface area contributed by atoms with Crippen molar-refractivity contribution >= 4 is 11.8 Å². The van der Waals surface area contributed by atoms with E-state index in [1.165, 1.54) is 32.1 Å². The first kappa shape index (κ1) is 14.4. The Bertz CT molecular complexity index is 316. The molecule has 0 atom stereocenters. The largest absolute Gasteiger partial charge is 0.356 e. The van der Waals surface area contributed by atoms with Gasteiger partial charge in [0.25, 0.3) is 0 Å². The van der Waals surface area contributed by atoms with Crippen LogP contribution in [-0.2, 0) is 9.59 Å². The van der Waals surface area contributed by atoms with Gasteiger partial charge < -0.3 is 10.2 Å². The van der Waals surface area contributed by atoms with Gasteiger partial charge in [0.05, 0.1) is 0 Å². The second kappa shape index (κ2) is 6.92. The average Bonchev–Trinajstić information content (AvgIpc) is 2.46. The number of piperidine rings is 1. The molecule has 0 aromatic heterocycles. The predicted octanol–water partition coefficient (Wildman–Crippen LogP) is 1.94. The van der Waals surface area contributed by atoms with Gasteiger partial charge >= 0.3 is 0 Å². The fourth-order valence-electron chi connectivity index (χ4n) is 3.24. The summed E-state index contributed by atoms with van der Waals surface area (Å²) in [5.41, 5.74) is 0. The van der Waals surface area contributed by atoms with Crippen LogP contribution in [0.1, 0.15) is 51.9 Å². The molecular weight excluding hydrogens is 240 g/mol. The lowest BCUT2D eigenvalue weighted by Crippen LogP contribution is -2.43. The number of hydrogen-bond acceptors (Lipinski definition) is 2. The summed E-state index contributed by atoms with van der Waals surface area (Å²) in [6, 6.07) is 0. The Kier molecular flexibility index (Phi) is 5.23. The van der Waals surface area contributed by atoms with Crippen molar-refractivity contribution in [3.63, 3.8) is 0 Å². The number of amides is 2. The molecule has 19 heavy (non-hydrogen) atoms. The molecular formula is C15H26N2O2. The Labute approximate surface area is 115 Å². The Hall–Kier alpha value is -1.06. The molecule has 0 unspecified atom stereocenters. The van der Waals surface area contributed by atoms with Crippen molar-refractivity contribution < 1.29 is 9.59 Å². The molecule has 1 aliphatic heterocycles. The first-order valence-electron chi connectivity index (χ1n) is 7.70. The van der Waals surface area contributed by atoms with Crippen LogP contribution in [0.25, 0.3) is 0 Å². The summed E-state index contributed by atoms with van der Waals surface area (Å²) in [5.74, 6) is 1.13. The van der Waals surface area contributed by atoms with Gasteiger partial charge in [-0.2, -0.15) is 0 Å². The normalized spacial score (nSPS) is 22.3. The maximum atomic E-state index is 12.1. The van der Waals surface area contributed by atoms with Crippen molar-refractivity contribution in [2.24, 2.45) is 11.8 Å². The number of likely N-dealkylation sites (tertiary alicyclic amines) is 1. The lowest BCUT2D eigenvalue weighted by molar-refractivity contribution is -0.134. The van der Waals surface area contributed by atoms with E-state index in [4.69, 9.17) is 0 Å². The highest BCUT2D eigenvalue weighted by Gasteiger charge is 2.26. The molecule has 1 saturated carbocycles. The van der Waals surface area contributed by atoms with Gasteiger partial charge in [-0.05, 0) is 31.6 Å². The van der Waals surface area contributed by atoms with Crippen LogP contribution in [0.15, 0.2) is 0 Å². The third-order valence-electron chi connectivity index (χ3n) is 4.60. The van der Waals surface area contributed by atoms with Crippen LogP contribution in [-0.4, -0.2) is 36.3 Å². The Morgan fingerprint density at radius 1 is 1.05 bits per heavy atom. The summed E-state index contributed by atoms with van der Waals surface area (Å²) >= 11 is 0. The number of carbonyl (C=O) groups is 2. The molecule has 1 aliphatic carbocycles. The summed E-state index contributed by atoms with van der Waals surface area (Å²) in [7, 11) is 0. The highest BCUT2D eigenvalue weighted by Crippen LogP contribution is 2.23. The zero-order valence-corrected chi connectivity index (χ0v) is 12.0. The van der Waals surface area contributed by atoms with E-state index in [0.717, 1.165) is 32.5 Å². The molecule has 0 aromatic carbocycles. The quantitative estimate of drug-likeness (QED) is 0.848. The summed E-state index contributed by atoms with van der Waals surface area (Å²) in [4.78, 5) is 25.2. The van der Waals surface area contributed by atoms with Crippen LogP contribution in [0.3, 0.4) is 0 Å². The van der Waals surface area contributed by atoms with E-state index in [1.807, 2.05) is 4.90 Å². The molecule has 2 fully saturated rings. The predicted molar refractivity (Wildman–Crippen MR) is 74.6 cm³/mol. The number of nitrogens with one attached hydrogen (secondary N) is 1. The van der Waals surface area contributed by atoms with E-state index in [0.29, 0.717) is 5.92 Å². The van der Waals surface area contributed by atoms with Crippen LogP contribution in [0.4, 0.5) is 0 Å². The highest BCUT2D eigenvalue weighted by atomic mass is 16.2. The van der Waals surface area contributed by atoms with Crippen LogP contribution in [0.2, 0.25) is 0 Å². The summed E-state index contributed by atoms with van der Waals surface area (Å²) in [6.45, 7) is 3.92. The standard InChI is InChI=1S/C15H26N2O2/c1-12(18)17-9-7-14(8-10-17)15(19)16-11-13-5-3-2-4-6-13/h13-14H,2-11H2,1H3,(H,16,19). The summed E-state index contributed by atoms with van der Waals surface area (Å²) in [6.07, 6.45) is 8.15. The molecule has 4 heteroatoms. The number of carbonyl (C=O) groups excluding carboxylic acids is 2. The molecule has 0 bridgehead atoms. The van der Waals surface area contributed by atoms with Crippen molar-refractivity contribution in [1.29, 1.82) is 0 Å². The molecule has 1 N–H and O–H groups in total. The van der Waals surface area contributed by atoms with Gasteiger partial charge in [0, 0.05) is 32.5 Å². The van der Waals surface area contributed by atoms with Gasteiger partial charge in [0.2, 0.25) is 11.8 Å².